The standard InChI is InChI=1S/C14H19N3O2S/c1-14(2,3)12-9-13(15)17(16-12)10-5-7-11(8-6-10)20(4,18)19/h5-9H,15H2,1-4H3. The summed E-state index contributed by atoms with van der Waals surface area (Å²) < 4.78 is 24.5. The Morgan fingerprint density at radius 2 is 1.70 bits per heavy atom. The smallest absolute Gasteiger partial charge is 0.175 e. The van der Waals surface area contributed by atoms with E-state index < -0.39 is 9.84 Å². The Bertz CT molecular complexity index is 723. The molecule has 2 aromatic rings. The molecule has 0 aliphatic heterocycles. The predicted molar refractivity (Wildman–Crippen MR) is 79.8 cm³/mol. The maximum absolute atomic E-state index is 11.4. The molecule has 0 aliphatic carbocycles. The SMILES string of the molecule is CC(C)(C)c1cc(N)n(-c2ccc(S(C)(=O)=O)cc2)n1. The highest BCUT2D eigenvalue weighted by Crippen LogP contribution is 2.25. The van der Waals surface area contributed by atoms with Gasteiger partial charge in [-0.1, -0.05) is 20.8 Å². The summed E-state index contributed by atoms with van der Waals surface area (Å²) in [7, 11) is -3.19. The molecule has 0 saturated heterocycles. The molecule has 0 spiro atoms. The molecule has 2 rings (SSSR count). The van der Waals surface area contributed by atoms with E-state index in [1.165, 1.54) is 6.26 Å². The Labute approximate surface area is 119 Å². The van der Waals surface area contributed by atoms with Crippen molar-refractivity contribution >= 4 is 15.7 Å². The summed E-state index contributed by atoms with van der Waals surface area (Å²) in [6.45, 7) is 6.18. The summed E-state index contributed by atoms with van der Waals surface area (Å²) in [4.78, 5) is 0.281. The Balaban J connectivity index is 2.45. The summed E-state index contributed by atoms with van der Waals surface area (Å²) in [6.07, 6.45) is 1.18. The van der Waals surface area contributed by atoms with Crippen LogP contribution >= 0.6 is 0 Å². The van der Waals surface area contributed by atoms with Crippen LogP contribution in [0.3, 0.4) is 0 Å². The Morgan fingerprint density at radius 1 is 1.15 bits per heavy atom. The van der Waals surface area contributed by atoms with Crippen molar-refractivity contribution in [1.82, 2.24) is 9.78 Å². The van der Waals surface area contributed by atoms with Crippen LogP contribution in [0, 0.1) is 0 Å². The molecular formula is C14H19N3O2S. The van der Waals surface area contributed by atoms with Crippen LogP contribution in [0.2, 0.25) is 0 Å². The van der Waals surface area contributed by atoms with Crippen LogP contribution in [0.4, 0.5) is 5.82 Å². The molecule has 0 saturated carbocycles. The predicted octanol–water partition coefficient (Wildman–Crippen LogP) is 2.16. The van der Waals surface area contributed by atoms with Gasteiger partial charge in [0.05, 0.1) is 16.3 Å². The van der Waals surface area contributed by atoms with Gasteiger partial charge in [0.2, 0.25) is 0 Å². The number of hydrogen-bond acceptors (Lipinski definition) is 4. The topological polar surface area (TPSA) is 78.0 Å². The van der Waals surface area contributed by atoms with Crippen molar-refractivity contribution < 1.29 is 8.42 Å². The summed E-state index contributed by atoms with van der Waals surface area (Å²) in [6, 6.07) is 8.36. The third-order valence-electron chi connectivity index (χ3n) is 3.01. The highest BCUT2D eigenvalue weighted by atomic mass is 32.2. The van der Waals surface area contributed by atoms with E-state index >= 15 is 0 Å². The van der Waals surface area contributed by atoms with Crippen LogP contribution in [0.5, 0.6) is 0 Å². The monoisotopic (exact) mass is 293 g/mol. The third-order valence-corrected chi connectivity index (χ3v) is 4.14. The normalized spacial score (nSPS) is 12.6. The molecule has 0 bridgehead atoms. The van der Waals surface area contributed by atoms with E-state index in [1.807, 2.05) is 6.07 Å². The van der Waals surface area contributed by atoms with E-state index in [1.54, 1.807) is 28.9 Å². The molecule has 20 heavy (non-hydrogen) atoms. The first-order chi connectivity index (χ1) is 9.09. The zero-order valence-corrected chi connectivity index (χ0v) is 12.9. The summed E-state index contributed by atoms with van der Waals surface area (Å²) >= 11 is 0. The average Bonchev–Trinajstić information content (AvgIpc) is 2.70. The first kappa shape index (κ1) is 14.6. The Morgan fingerprint density at radius 3 is 2.10 bits per heavy atom. The quantitative estimate of drug-likeness (QED) is 0.920. The minimum absolute atomic E-state index is 0.0912. The Hall–Kier alpha value is -1.82. The fourth-order valence-electron chi connectivity index (χ4n) is 1.80. The van der Waals surface area contributed by atoms with Crippen molar-refractivity contribution in [1.29, 1.82) is 0 Å². The van der Waals surface area contributed by atoms with Crippen molar-refractivity contribution in [3.05, 3.63) is 36.0 Å². The number of sulfone groups is 1. The van der Waals surface area contributed by atoms with Gasteiger partial charge in [-0.3, -0.25) is 0 Å². The number of nitrogen functional groups attached to an aromatic ring is 1. The first-order valence-corrected chi connectivity index (χ1v) is 8.15. The maximum Gasteiger partial charge on any atom is 0.175 e. The van der Waals surface area contributed by atoms with E-state index in [2.05, 4.69) is 25.9 Å². The highest BCUT2D eigenvalue weighted by molar-refractivity contribution is 7.90. The lowest BCUT2D eigenvalue weighted by molar-refractivity contribution is 0.560. The van der Waals surface area contributed by atoms with Gasteiger partial charge in [0.1, 0.15) is 5.82 Å². The fraction of sp³-hybridized carbons (Fsp3) is 0.357. The molecular weight excluding hydrogens is 274 g/mol. The molecule has 1 heterocycles. The molecule has 2 N–H and O–H groups in total. The molecule has 108 valence electrons. The molecule has 0 radical (unpaired) electrons. The molecule has 0 fully saturated rings. The average molecular weight is 293 g/mol. The lowest BCUT2D eigenvalue weighted by Gasteiger charge is -2.14. The molecule has 5 nitrogen and oxygen atoms in total. The molecule has 0 unspecified atom stereocenters. The highest BCUT2D eigenvalue weighted by Gasteiger charge is 2.19. The van der Waals surface area contributed by atoms with Gasteiger partial charge in [0.15, 0.2) is 9.84 Å². The van der Waals surface area contributed by atoms with Crippen LogP contribution in [-0.2, 0) is 15.3 Å². The summed E-state index contributed by atoms with van der Waals surface area (Å²) in [5.74, 6) is 0.530. The number of nitrogens with zero attached hydrogens (tertiary/aromatic N) is 2. The van der Waals surface area contributed by atoms with Crippen molar-refractivity contribution in [2.45, 2.75) is 31.1 Å². The first-order valence-electron chi connectivity index (χ1n) is 6.25. The van der Waals surface area contributed by atoms with Gasteiger partial charge in [-0.15, -0.1) is 0 Å². The molecule has 6 heteroatoms. The van der Waals surface area contributed by atoms with Crippen molar-refractivity contribution in [3.8, 4) is 5.69 Å². The van der Waals surface area contributed by atoms with Gasteiger partial charge >= 0.3 is 0 Å². The van der Waals surface area contributed by atoms with Gasteiger partial charge in [-0.05, 0) is 24.3 Å². The number of benzene rings is 1. The molecule has 1 aromatic heterocycles. The number of aromatic nitrogens is 2. The van der Waals surface area contributed by atoms with Gasteiger partial charge in [0, 0.05) is 17.7 Å². The molecule has 0 aliphatic rings. The van der Waals surface area contributed by atoms with E-state index in [0.29, 0.717) is 5.82 Å². The lowest BCUT2D eigenvalue weighted by Crippen LogP contribution is -2.12. The second kappa shape index (κ2) is 4.63. The van der Waals surface area contributed by atoms with Crippen LogP contribution < -0.4 is 5.73 Å². The van der Waals surface area contributed by atoms with Crippen LogP contribution in [-0.4, -0.2) is 24.5 Å². The van der Waals surface area contributed by atoms with Crippen molar-refractivity contribution in [2.75, 3.05) is 12.0 Å². The van der Waals surface area contributed by atoms with Gasteiger partial charge in [0.25, 0.3) is 0 Å². The minimum atomic E-state index is -3.19. The van der Waals surface area contributed by atoms with Crippen molar-refractivity contribution in [2.24, 2.45) is 0 Å². The van der Waals surface area contributed by atoms with E-state index in [0.717, 1.165) is 11.4 Å². The molecule has 1 aromatic carbocycles. The number of anilines is 1. The van der Waals surface area contributed by atoms with Crippen LogP contribution in [0.25, 0.3) is 5.69 Å². The van der Waals surface area contributed by atoms with Gasteiger partial charge < -0.3 is 5.73 Å². The number of nitrogens with two attached hydrogens (primary N) is 1. The molecule has 0 amide bonds. The van der Waals surface area contributed by atoms with E-state index in [-0.39, 0.29) is 10.3 Å². The third kappa shape index (κ3) is 2.85. The second-order valence-electron chi connectivity index (χ2n) is 5.88. The largest absolute Gasteiger partial charge is 0.384 e. The molecule has 0 atom stereocenters. The number of hydrogen-bond donors (Lipinski definition) is 1. The summed E-state index contributed by atoms with van der Waals surface area (Å²) in [5, 5.41) is 4.49. The second-order valence-corrected chi connectivity index (χ2v) is 7.90. The minimum Gasteiger partial charge on any atom is -0.384 e. The van der Waals surface area contributed by atoms with Crippen molar-refractivity contribution in [3.63, 3.8) is 0 Å². The zero-order chi connectivity index (χ0) is 15.1. The van der Waals surface area contributed by atoms with Crippen LogP contribution in [0.15, 0.2) is 35.2 Å². The van der Waals surface area contributed by atoms with Gasteiger partial charge in [-0.25, -0.2) is 13.1 Å². The Kier molecular flexibility index (Phi) is 3.37. The number of rotatable bonds is 2. The summed E-state index contributed by atoms with van der Waals surface area (Å²) in [5.41, 5.74) is 7.52. The van der Waals surface area contributed by atoms with E-state index in [9.17, 15) is 8.42 Å². The van der Waals surface area contributed by atoms with Crippen LogP contribution in [0.1, 0.15) is 26.5 Å². The maximum atomic E-state index is 11.4. The zero-order valence-electron chi connectivity index (χ0n) is 12.1. The fourth-order valence-corrected chi connectivity index (χ4v) is 2.43. The lowest BCUT2D eigenvalue weighted by atomic mass is 9.92. The van der Waals surface area contributed by atoms with Gasteiger partial charge in [-0.2, -0.15) is 5.10 Å². The van der Waals surface area contributed by atoms with E-state index in [4.69, 9.17) is 5.73 Å².